The van der Waals surface area contributed by atoms with E-state index in [1.54, 1.807) is 0 Å². The molecule has 0 bridgehead atoms. The fraction of sp³-hybridized carbons (Fsp3) is 0.0769. The van der Waals surface area contributed by atoms with Crippen molar-refractivity contribution in [3.8, 4) is 0 Å². The first-order valence-corrected chi connectivity index (χ1v) is 7.57. The van der Waals surface area contributed by atoms with E-state index in [1.165, 1.54) is 36.5 Å². The molecule has 0 spiro atoms. The van der Waals surface area contributed by atoms with E-state index < -0.39 is 21.7 Å². The zero-order valence-corrected chi connectivity index (χ0v) is 11.6. The van der Waals surface area contributed by atoms with Crippen molar-refractivity contribution in [1.29, 1.82) is 0 Å². The van der Waals surface area contributed by atoms with Gasteiger partial charge in [0.2, 0.25) is 10.0 Å². The normalized spacial score (nSPS) is 11.1. The van der Waals surface area contributed by atoms with Gasteiger partial charge in [-0.25, -0.2) is 17.9 Å². The molecule has 110 valence electrons. The van der Waals surface area contributed by atoms with E-state index in [9.17, 15) is 17.6 Å². The molecular weight excluding hydrogens is 297 g/mol. The van der Waals surface area contributed by atoms with Gasteiger partial charge in [0.15, 0.2) is 5.82 Å². The average Bonchev–Trinajstić information content (AvgIpc) is 2.40. The van der Waals surface area contributed by atoms with Crippen LogP contribution < -0.4 is 10.5 Å². The van der Waals surface area contributed by atoms with Gasteiger partial charge in [-0.2, -0.15) is 0 Å². The van der Waals surface area contributed by atoms with Crippen LogP contribution in [0, 0.1) is 5.82 Å². The molecule has 1 heterocycles. The second kappa shape index (κ2) is 5.98. The highest BCUT2D eigenvalue weighted by Gasteiger charge is 2.11. The molecule has 6 nitrogen and oxygen atoms in total. The molecule has 1 amide bonds. The van der Waals surface area contributed by atoms with E-state index in [0.29, 0.717) is 11.3 Å². The van der Waals surface area contributed by atoms with Crippen LogP contribution in [0.5, 0.6) is 0 Å². The van der Waals surface area contributed by atoms with Crippen molar-refractivity contribution in [2.45, 2.75) is 5.75 Å². The Morgan fingerprint density at radius 2 is 1.90 bits per heavy atom. The lowest BCUT2D eigenvalue weighted by Gasteiger charge is -2.06. The lowest BCUT2D eigenvalue weighted by atomic mass is 10.2. The van der Waals surface area contributed by atoms with Crippen molar-refractivity contribution in [3.05, 3.63) is 59.7 Å². The molecule has 0 saturated heterocycles. The monoisotopic (exact) mass is 309 g/mol. The van der Waals surface area contributed by atoms with Crippen LogP contribution in [0.15, 0.2) is 42.7 Å². The smallest absolute Gasteiger partial charge is 0.258 e. The second-order valence-electron chi connectivity index (χ2n) is 4.31. The Morgan fingerprint density at radius 1 is 1.24 bits per heavy atom. The summed E-state index contributed by atoms with van der Waals surface area (Å²) in [6.07, 6.45) is 2.26. The van der Waals surface area contributed by atoms with Gasteiger partial charge in [0.05, 0.1) is 17.5 Å². The number of sulfonamides is 1. The Morgan fingerprint density at radius 3 is 2.48 bits per heavy atom. The van der Waals surface area contributed by atoms with Gasteiger partial charge in [-0.1, -0.05) is 12.1 Å². The summed E-state index contributed by atoms with van der Waals surface area (Å²) in [5.41, 5.74) is 0.776. The summed E-state index contributed by atoms with van der Waals surface area (Å²) < 4.78 is 35.3. The number of carbonyl (C=O) groups excluding carboxylic acids is 1. The highest BCUT2D eigenvalue weighted by Crippen LogP contribution is 2.13. The maximum atomic E-state index is 13.4. The number of nitrogens with two attached hydrogens (primary N) is 1. The van der Waals surface area contributed by atoms with Crippen LogP contribution in [0.25, 0.3) is 0 Å². The largest absolute Gasteiger partial charge is 0.322 e. The molecule has 0 aliphatic carbocycles. The number of primary sulfonamides is 1. The number of nitrogens with zero attached hydrogens (tertiary/aromatic N) is 1. The Kier molecular flexibility index (Phi) is 4.29. The molecule has 0 saturated carbocycles. The predicted octanol–water partition coefficient (Wildman–Crippen LogP) is 1.26. The lowest BCUT2D eigenvalue weighted by Crippen LogP contribution is -2.15. The quantitative estimate of drug-likeness (QED) is 0.887. The number of carbonyl (C=O) groups is 1. The molecular formula is C13H12FN3O3S. The standard InChI is InChI=1S/C13H12FN3O3S/c14-12-7-16-6-5-11(12)13(18)17-10-3-1-9(2-4-10)8-21(15,19)20/h1-7H,8H2,(H,17,18)(H2,15,19,20). The van der Waals surface area contributed by atoms with Crippen LogP contribution in [0.1, 0.15) is 15.9 Å². The lowest BCUT2D eigenvalue weighted by molar-refractivity contribution is 0.102. The topological polar surface area (TPSA) is 102 Å². The maximum absolute atomic E-state index is 13.4. The van der Waals surface area contributed by atoms with Crippen molar-refractivity contribution in [2.75, 3.05) is 5.32 Å². The minimum Gasteiger partial charge on any atom is -0.322 e. The minimum atomic E-state index is -3.61. The molecule has 0 atom stereocenters. The van der Waals surface area contributed by atoms with Crippen molar-refractivity contribution in [3.63, 3.8) is 0 Å². The van der Waals surface area contributed by atoms with Crippen LogP contribution in [0.3, 0.4) is 0 Å². The number of nitrogens with one attached hydrogen (secondary N) is 1. The van der Waals surface area contributed by atoms with Gasteiger partial charge < -0.3 is 5.32 Å². The van der Waals surface area contributed by atoms with Crippen molar-refractivity contribution < 1.29 is 17.6 Å². The first kappa shape index (κ1) is 15.1. The number of benzene rings is 1. The molecule has 0 fully saturated rings. The number of halogens is 1. The molecule has 0 radical (unpaired) electrons. The Balaban J connectivity index is 2.10. The molecule has 1 aromatic heterocycles. The second-order valence-corrected chi connectivity index (χ2v) is 5.93. The van der Waals surface area contributed by atoms with Crippen LogP contribution in [0.2, 0.25) is 0 Å². The number of pyridine rings is 1. The zero-order valence-electron chi connectivity index (χ0n) is 10.8. The van der Waals surface area contributed by atoms with Gasteiger partial charge in [0.25, 0.3) is 5.91 Å². The predicted molar refractivity (Wildman–Crippen MR) is 75.4 cm³/mol. The van der Waals surface area contributed by atoms with Gasteiger partial charge in [-0.05, 0) is 23.8 Å². The molecule has 0 unspecified atom stereocenters. The maximum Gasteiger partial charge on any atom is 0.258 e. The molecule has 3 N–H and O–H groups in total. The molecule has 8 heteroatoms. The van der Waals surface area contributed by atoms with E-state index in [0.717, 1.165) is 6.20 Å². The fourth-order valence-corrected chi connectivity index (χ4v) is 2.33. The summed E-state index contributed by atoms with van der Waals surface area (Å²) in [7, 11) is -3.61. The van der Waals surface area contributed by atoms with Gasteiger partial charge in [-0.15, -0.1) is 0 Å². The third-order valence-corrected chi connectivity index (χ3v) is 3.33. The average molecular weight is 309 g/mol. The number of hydrogen-bond acceptors (Lipinski definition) is 4. The van der Waals surface area contributed by atoms with E-state index in [1.807, 2.05) is 0 Å². The van der Waals surface area contributed by atoms with E-state index in [2.05, 4.69) is 10.3 Å². The molecule has 0 aliphatic heterocycles. The minimum absolute atomic E-state index is 0.126. The third kappa shape index (κ3) is 4.33. The van der Waals surface area contributed by atoms with Gasteiger partial charge in [-0.3, -0.25) is 9.78 Å². The van der Waals surface area contributed by atoms with E-state index in [4.69, 9.17) is 5.14 Å². The highest BCUT2D eigenvalue weighted by atomic mass is 32.2. The van der Waals surface area contributed by atoms with Gasteiger partial charge in [0, 0.05) is 11.9 Å². The van der Waals surface area contributed by atoms with E-state index >= 15 is 0 Å². The SMILES string of the molecule is NS(=O)(=O)Cc1ccc(NC(=O)c2ccncc2F)cc1. The molecule has 1 aromatic carbocycles. The summed E-state index contributed by atoms with van der Waals surface area (Å²) in [5.74, 6) is -1.63. The summed E-state index contributed by atoms with van der Waals surface area (Å²) in [6, 6.07) is 7.32. The summed E-state index contributed by atoms with van der Waals surface area (Å²) >= 11 is 0. The third-order valence-electron chi connectivity index (χ3n) is 2.60. The summed E-state index contributed by atoms with van der Waals surface area (Å²) in [4.78, 5) is 15.4. The van der Waals surface area contributed by atoms with E-state index in [-0.39, 0.29) is 11.3 Å². The van der Waals surface area contributed by atoms with Gasteiger partial charge in [0.1, 0.15) is 0 Å². The first-order valence-electron chi connectivity index (χ1n) is 5.85. The number of rotatable bonds is 4. The van der Waals surface area contributed by atoms with Gasteiger partial charge >= 0.3 is 0 Å². The summed E-state index contributed by atoms with van der Waals surface area (Å²) in [6.45, 7) is 0. The van der Waals surface area contributed by atoms with Crippen molar-refractivity contribution in [1.82, 2.24) is 4.98 Å². The molecule has 2 rings (SSSR count). The Hall–Kier alpha value is -2.32. The Bertz CT molecular complexity index is 760. The fourth-order valence-electron chi connectivity index (χ4n) is 1.67. The number of aromatic nitrogens is 1. The molecule has 0 aliphatic rings. The first-order chi connectivity index (χ1) is 9.85. The number of hydrogen-bond donors (Lipinski definition) is 2. The number of amides is 1. The summed E-state index contributed by atoms with van der Waals surface area (Å²) in [5, 5.41) is 7.44. The molecule has 2 aromatic rings. The Labute approximate surface area is 120 Å². The van der Waals surface area contributed by atoms with Crippen LogP contribution in [-0.4, -0.2) is 19.3 Å². The van der Waals surface area contributed by atoms with Crippen molar-refractivity contribution in [2.24, 2.45) is 5.14 Å². The molecule has 21 heavy (non-hydrogen) atoms. The van der Waals surface area contributed by atoms with Crippen LogP contribution >= 0.6 is 0 Å². The van der Waals surface area contributed by atoms with Crippen molar-refractivity contribution >= 4 is 21.6 Å². The number of anilines is 1. The van der Waals surface area contributed by atoms with Crippen LogP contribution in [0.4, 0.5) is 10.1 Å². The zero-order chi connectivity index (χ0) is 15.5. The van der Waals surface area contributed by atoms with Crippen LogP contribution in [-0.2, 0) is 15.8 Å². The highest BCUT2D eigenvalue weighted by molar-refractivity contribution is 7.88.